The number of para-hydroxylation sites is 1. The molecule has 1 heterocycles. The fourth-order valence-electron chi connectivity index (χ4n) is 2.25. The van der Waals surface area contributed by atoms with Gasteiger partial charge in [-0.05, 0) is 24.1 Å². The molecule has 2 heteroatoms. The van der Waals surface area contributed by atoms with Crippen molar-refractivity contribution in [3.05, 3.63) is 72.4 Å². The maximum Gasteiger partial charge on any atom is 0.0927 e. The summed E-state index contributed by atoms with van der Waals surface area (Å²) < 4.78 is 1.96. The van der Waals surface area contributed by atoms with Crippen LogP contribution < -0.4 is 0 Å². The zero-order valence-electron chi connectivity index (χ0n) is 11.0. The van der Waals surface area contributed by atoms with Crippen LogP contribution in [-0.4, -0.2) is 9.78 Å². The number of aromatic nitrogens is 2. The van der Waals surface area contributed by atoms with Crippen LogP contribution >= 0.6 is 0 Å². The van der Waals surface area contributed by atoms with Crippen LogP contribution in [0.4, 0.5) is 0 Å². The van der Waals surface area contributed by atoms with Gasteiger partial charge in [-0.25, -0.2) is 4.68 Å². The summed E-state index contributed by atoms with van der Waals surface area (Å²) in [7, 11) is 0. The van der Waals surface area contributed by atoms with Crippen molar-refractivity contribution in [1.29, 1.82) is 0 Å². The molecule has 0 aliphatic rings. The molecule has 0 fully saturated rings. The molecule has 0 amide bonds. The molecule has 2 nitrogen and oxygen atoms in total. The van der Waals surface area contributed by atoms with Crippen molar-refractivity contribution in [3.8, 4) is 16.9 Å². The Morgan fingerprint density at radius 2 is 1.63 bits per heavy atom. The lowest BCUT2D eigenvalue weighted by molar-refractivity contribution is 0.866. The summed E-state index contributed by atoms with van der Waals surface area (Å²) in [5, 5.41) is 4.68. The van der Waals surface area contributed by atoms with Gasteiger partial charge in [-0.3, -0.25) is 0 Å². The maximum atomic E-state index is 4.68. The number of hydrogen-bond donors (Lipinski definition) is 0. The first-order valence-corrected chi connectivity index (χ1v) is 6.58. The van der Waals surface area contributed by atoms with Gasteiger partial charge in [-0.15, -0.1) is 0 Å². The molecule has 0 radical (unpaired) electrons. The molecular weight excluding hydrogens is 232 g/mol. The number of benzene rings is 2. The van der Waals surface area contributed by atoms with Crippen molar-refractivity contribution in [2.75, 3.05) is 0 Å². The standard InChI is InChI=1S/C17H16N2/c1-2-14-8-6-7-11-17(14)19-13-12-16(18-19)15-9-4-3-5-10-15/h3-13H,2H2,1H3. The van der Waals surface area contributed by atoms with Crippen LogP contribution in [0.3, 0.4) is 0 Å². The van der Waals surface area contributed by atoms with Crippen LogP contribution in [-0.2, 0) is 6.42 Å². The van der Waals surface area contributed by atoms with Crippen LogP contribution in [0.15, 0.2) is 66.9 Å². The minimum atomic E-state index is 1.01. The largest absolute Gasteiger partial charge is 0.240 e. The van der Waals surface area contributed by atoms with E-state index in [1.54, 1.807) is 0 Å². The van der Waals surface area contributed by atoms with Crippen molar-refractivity contribution in [1.82, 2.24) is 9.78 Å². The first-order valence-electron chi connectivity index (χ1n) is 6.58. The minimum absolute atomic E-state index is 1.01. The summed E-state index contributed by atoms with van der Waals surface area (Å²) in [6.07, 6.45) is 3.04. The average molecular weight is 248 g/mol. The normalized spacial score (nSPS) is 10.6. The van der Waals surface area contributed by atoms with Gasteiger partial charge in [-0.1, -0.05) is 55.5 Å². The molecule has 2 aromatic carbocycles. The highest BCUT2D eigenvalue weighted by atomic mass is 15.3. The quantitative estimate of drug-likeness (QED) is 0.682. The van der Waals surface area contributed by atoms with E-state index >= 15 is 0 Å². The number of aryl methyl sites for hydroxylation is 1. The Bertz CT molecular complexity index is 668. The van der Waals surface area contributed by atoms with E-state index in [2.05, 4.69) is 54.5 Å². The molecule has 19 heavy (non-hydrogen) atoms. The summed E-state index contributed by atoms with van der Waals surface area (Å²) in [6, 6.07) is 20.7. The first kappa shape index (κ1) is 11.7. The SMILES string of the molecule is CCc1ccccc1-n1ccc(-c2ccccc2)n1. The molecule has 3 rings (SSSR count). The van der Waals surface area contributed by atoms with E-state index in [4.69, 9.17) is 0 Å². The van der Waals surface area contributed by atoms with Gasteiger partial charge >= 0.3 is 0 Å². The van der Waals surface area contributed by atoms with Crippen molar-refractivity contribution in [2.45, 2.75) is 13.3 Å². The van der Waals surface area contributed by atoms with Crippen LogP contribution in [0.25, 0.3) is 16.9 Å². The number of rotatable bonds is 3. The smallest absolute Gasteiger partial charge is 0.0927 e. The van der Waals surface area contributed by atoms with Gasteiger partial charge in [0.1, 0.15) is 0 Å². The Hall–Kier alpha value is -2.35. The summed E-state index contributed by atoms with van der Waals surface area (Å²) >= 11 is 0. The van der Waals surface area contributed by atoms with E-state index in [-0.39, 0.29) is 0 Å². The van der Waals surface area contributed by atoms with Gasteiger partial charge in [0, 0.05) is 11.8 Å². The highest BCUT2D eigenvalue weighted by Gasteiger charge is 2.05. The number of nitrogens with zero attached hydrogens (tertiary/aromatic N) is 2. The predicted molar refractivity (Wildman–Crippen MR) is 78.4 cm³/mol. The lowest BCUT2D eigenvalue weighted by Gasteiger charge is -2.07. The third-order valence-electron chi connectivity index (χ3n) is 3.28. The second-order valence-corrected chi connectivity index (χ2v) is 4.49. The highest BCUT2D eigenvalue weighted by molar-refractivity contribution is 5.58. The molecule has 0 N–H and O–H groups in total. The minimum Gasteiger partial charge on any atom is -0.240 e. The van der Waals surface area contributed by atoms with Gasteiger partial charge in [-0.2, -0.15) is 5.10 Å². The van der Waals surface area contributed by atoms with Crippen molar-refractivity contribution < 1.29 is 0 Å². The molecule has 0 bridgehead atoms. The lowest BCUT2D eigenvalue weighted by atomic mass is 10.1. The topological polar surface area (TPSA) is 17.8 Å². The van der Waals surface area contributed by atoms with Crippen LogP contribution in [0.2, 0.25) is 0 Å². The zero-order valence-corrected chi connectivity index (χ0v) is 11.0. The van der Waals surface area contributed by atoms with E-state index in [0.29, 0.717) is 0 Å². The molecule has 0 unspecified atom stereocenters. The Morgan fingerprint density at radius 3 is 2.42 bits per heavy atom. The first-order chi connectivity index (χ1) is 9.38. The highest BCUT2D eigenvalue weighted by Crippen LogP contribution is 2.20. The molecule has 0 saturated carbocycles. The third kappa shape index (κ3) is 2.29. The third-order valence-corrected chi connectivity index (χ3v) is 3.28. The van der Waals surface area contributed by atoms with Crippen LogP contribution in [0.1, 0.15) is 12.5 Å². The van der Waals surface area contributed by atoms with E-state index in [1.807, 2.05) is 29.1 Å². The fraction of sp³-hybridized carbons (Fsp3) is 0.118. The van der Waals surface area contributed by atoms with Crippen LogP contribution in [0.5, 0.6) is 0 Å². The van der Waals surface area contributed by atoms with Gasteiger partial charge in [0.2, 0.25) is 0 Å². The zero-order chi connectivity index (χ0) is 13.1. The van der Waals surface area contributed by atoms with Gasteiger partial charge in [0.25, 0.3) is 0 Å². The second kappa shape index (κ2) is 5.11. The Morgan fingerprint density at radius 1 is 0.895 bits per heavy atom. The van der Waals surface area contributed by atoms with Crippen molar-refractivity contribution >= 4 is 0 Å². The number of hydrogen-bond acceptors (Lipinski definition) is 1. The summed E-state index contributed by atoms with van der Waals surface area (Å²) in [5.74, 6) is 0. The summed E-state index contributed by atoms with van der Waals surface area (Å²) in [4.78, 5) is 0. The second-order valence-electron chi connectivity index (χ2n) is 4.49. The van der Waals surface area contributed by atoms with Gasteiger partial charge < -0.3 is 0 Å². The molecule has 3 aromatic rings. The molecule has 94 valence electrons. The van der Waals surface area contributed by atoms with Crippen LogP contribution in [0, 0.1) is 0 Å². The molecule has 0 spiro atoms. The Balaban J connectivity index is 2.02. The van der Waals surface area contributed by atoms with E-state index in [9.17, 15) is 0 Å². The monoisotopic (exact) mass is 248 g/mol. The predicted octanol–water partition coefficient (Wildman–Crippen LogP) is 4.10. The lowest BCUT2D eigenvalue weighted by Crippen LogP contribution is -1.99. The molecule has 1 aromatic heterocycles. The Labute approximate surface area is 113 Å². The summed E-state index contributed by atoms with van der Waals surface area (Å²) in [5.41, 5.74) is 4.62. The molecular formula is C17H16N2. The van der Waals surface area contributed by atoms with Gasteiger partial charge in [0.15, 0.2) is 0 Å². The maximum absolute atomic E-state index is 4.68. The molecule has 0 atom stereocenters. The Kier molecular flexibility index (Phi) is 3.15. The van der Waals surface area contributed by atoms with Crippen molar-refractivity contribution in [2.24, 2.45) is 0 Å². The van der Waals surface area contributed by atoms with E-state index in [1.165, 1.54) is 5.56 Å². The molecule has 0 aliphatic heterocycles. The van der Waals surface area contributed by atoms with E-state index < -0.39 is 0 Å². The molecule has 0 aliphatic carbocycles. The molecule has 0 saturated heterocycles. The summed E-state index contributed by atoms with van der Waals surface area (Å²) in [6.45, 7) is 2.17. The van der Waals surface area contributed by atoms with Gasteiger partial charge in [0.05, 0.1) is 11.4 Å². The average Bonchev–Trinajstić information content (AvgIpc) is 2.98. The fourth-order valence-corrected chi connectivity index (χ4v) is 2.25. The van der Waals surface area contributed by atoms with E-state index in [0.717, 1.165) is 23.4 Å². The van der Waals surface area contributed by atoms with Crippen molar-refractivity contribution in [3.63, 3.8) is 0 Å².